The van der Waals surface area contributed by atoms with Gasteiger partial charge in [0.25, 0.3) is 0 Å². The van der Waals surface area contributed by atoms with Crippen LogP contribution in [0.5, 0.6) is 0 Å². The van der Waals surface area contributed by atoms with Gasteiger partial charge in [-0.25, -0.2) is 9.78 Å². The number of nitrogens with one attached hydrogen (secondary N) is 1. The lowest BCUT2D eigenvalue weighted by Crippen LogP contribution is -2.70. The van der Waals surface area contributed by atoms with E-state index in [0.717, 1.165) is 19.3 Å². The number of esters is 1. The van der Waals surface area contributed by atoms with E-state index in [2.05, 4.69) is 12.2 Å². The number of carboxylic acids is 1. The van der Waals surface area contributed by atoms with Crippen LogP contribution in [0.2, 0.25) is 0 Å². The van der Waals surface area contributed by atoms with E-state index in [-0.39, 0.29) is 49.5 Å². The fourth-order valence-corrected chi connectivity index (χ4v) is 5.97. The topological polar surface area (TPSA) is 130 Å². The first kappa shape index (κ1) is 24.4. The van der Waals surface area contributed by atoms with Crippen LogP contribution in [-0.2, 0) is 38.4 Å². The molecule has 0 aromatic heterocycles. The van der Waals surface area contributed by atoms with Crippen LogP contribution in [-0.4, -0.2) is 53.5 Å². The van der Waals surface area contributed by atoms with Crippen molar-refractivity contribution in [1.29, 1.82) is 0 Å². The smallest absolute Gasteiger partial charge is 0.308 e. The second-order valence-corrected chi connectivity index (χ2v) is 10.1. The molecule has 0 radical (unpaired) electrons. The van der Waals surface area contributed by atoms with Crippen molar-refractivity contribution in [2.24, 2.45) is 23.7 Å². The molecule has 1 amide bonds. The van der Waals surface area contributed by atoms with Gasteiger partial charge in [-0.2, -0.15) is 0 Å². The fourth-order valence-electron chi connectivity index (χ4n) is 5.97. The Bertz CT molecular complexity index is 775. The maximum atomic E-state index is 12.5. The molecule has 5 aliphatic rings. The lowest BCUT2D eigenvalue weighted by Gasteiger charge is -2.59. The molecule has 2 N–H and O–H groups in total. The standard InChI is InChI=1S/C23H35NO9/c1-13-6-7-16-14(2)20(29-19(28)9-8-17(25)24-12-4-5-18(26)27)30-21-23(16)15(13)10-11-22(3,31-21)32-33-23/h13-16,20-21H,4-12H2,1-3H3,(H,24,25)(H,26,27)/t13-,14+,15+,16-,20+,21+,22-,23+/m1/s1. The van der Waals surface area contributed by atoms with Gasteiger partial charge in [0.15, 0.2) is 11.9 Å². The molecule has 10 nitrogen and oxygen atoms in total. The molecule has 186 valence electrons. The van der Waals surface area contributed by atoms with Crippen LogP contribution in [0.25, 0.3) is 0 Å². The second kappa shape index (κ2) is 9.48. The molecule has 4 aliphatic heterocycles. The van der Waals surface area contributed by atoms with Gasteiger partial charge in [-0.15, -0.1) is 0 Å². The third-order valence-electron chi connectivity index (χ3n) is 7.79. The van der Waals surface area contributed by atoms with Crippen molar-refractivity contribution in [2.75, 3.05) is 6.54 Å². The Kier molecular flexibility index (Phi) is 7.00. The molecule has 1 aliphatic carbocycles. The van der Waals surface area contributed by atoms with Crippen molar-refractivity contribution in [3.05, 3.63) is 0 Å². The number of carbonyl (C=O) groups excluding carboxylic acids is 2. The first-order chi connectivity index (χ1) is 15.6. The van der Waals surface area contributed by atoms with Gasteiger partial charge in [0.2, 0.25) is 18.0 Å². The van der Waals surface area contributed by atoms with Gasteiger partial charge < -0.3 is 24.6 Å². The number of fused-ring (bicyclic) bond motifs is 2. The zero-order valence-electron chi connectivity index (χ0n) is 19.5. The van der Waals surface area contributed by atoms with Crippen molar-refractivity contribution in [3.63, 3.8) is 0 Å². The number of amides is 1. The van der Waals surface area contributed by atoms with Gasteiger partial charge in [-0.3, -0.25) is 14.4 Å². The highest BCUT2D eigenvalue weighted by Gasteiger charge is 2.69. The lowest BCUT2D eigenvalue weighted by molar-refractivity contribution is -0.576. The molecule has 0 aromatic carbocycles. The van der Waals surface area contributed by atoms with E-state index >= 15 is 0 Å². The number of carboxylic acid groups (broad SMARTS) is 1. The fraction of sp³-hybridized carbons (Fsp3) is 0.870. The van der Waals surface area contributed by atoms with Gasteiger partial charge >= 0.3 is 11.9 Å². The number of carbonyl (C=O) groups is 3. The summed E-state index contributed by atoms with van der Waals surface area (Å²) in [6.45, 7) is 6.33. The molecule has 1 spiro atoms. The van der Waals surface area contributed by atoms with Crippen LogP contribution < -0.4 is 5.32 Å². The SMILES string of the molecule is C[C@@H]1[C@@H](OC(=O)CCC(=O)NCCCC(=O)O)O[C@H]2O[C@@]3(C)CC[C@H]4[C@H](C)CC[C@H]1[C@]24OO3. The van der Waals surface area contributed by atoms with Gasteiger partial charge in [-0.1, -0.05) is 13.8 Å². The Labute approximate surface area is 193 Å². The van der Waals surface area contributed by atoms with Crippen LogP contribution in [0.3, 0.4) is 0 Å². The van der Waals surface area contributed by atoms with Crippen LogP contribution >= 0.6 is 0 Å². The molecule has 4 saturated heterocycles. The molecular weight excluding hydrogens is 434 g/mol. The second-order valence-electron chi connectivity index (χ2n) is 10.1. The van der Waals surface area contributed by atoms with Crippen molar-refractivity contribution in [2.45, 2.75) is 96.1 Å². The van der Waals surface area contributed by atoms with Gasteiger partial charge in [0, 0.05) is 37.6 Å². The zero-order valence-corrected chi connectivity index (χ0v) is 19.5. The minimum atomic E-state index is -0.910. The molecule has 0 unspecified atom stereocenters. The predicted octanol–water partition coefficient (Wildman–Crippen LogP) is 2.50. The first-order valence-electron chi connectivity index (χ1n) is 12.0. The maximum absolute atomic E-state index is 12.5. The van der Waals surface area contributed by atoms with Crippen molar-refractivity contribution >= 4 is 17.8 Å². The van der Waals surface area contributed by atoms with Crippen molar-refractivity contribution < 1.29 is 43.5 Å². The number of rotatable bonds is 8. The summed E-state index contributed by atoms with van der Waals surface area (Å²) < 4.78 is 18.1. The third kappa shape index (κ3) is 4.76. The Balaban J connectivity index is 1.35. The Hall–Kier alpha value is -1.75. The summed E-state index contributed by atoms with van der Waals surface area (Å²) in [6, 6.07) is 0. The quantitative estimate of drug-likeness (QED) is 0.313. The number of ether oxygens (including phenoxy) is 3. The molecule has 33 heavy (non-hydrogen) atoms. The Morgan fingerprint density at radius 3 is 2.61 bits per heavy atom. The first-order valence-corrected chi connectivity index (χ1v) is 12.0. The monoisotopic (exact) mass is 469 g/mol. The molecule has 4 heterocycles. The zero-order chi connectivity index (χ0) is 23.8. The number of hydrogen-bond acceptors (Lipinski definition) is 8. The van der Waals surface area contributed by atoms with Crippen LogP contribution in [0.1, 0.15) is 72.1 Å². The van der Waals surface area contributed by atoms with E-state index in [0.29, 0.717) is 18.8 Å². The number of aliphatic carboxylic acids is 1. The normalized spacial score (nSPS) is 41.5. The summed E-state index contributed by atoms with van der Waals surface area (Å²) in [4.78, 5) is 46.8. The molecule has 10 heteroatoms. The third-order valence-corrected chi connectivity index (χ3v) is 7.79. The van der Waals surface area contributed by atoms with E-state index in [1.165, 1.54) is 0 Å². The summed E-state index contributed by atoms with van der Waals surface area (Å²) in [5, 5.41) is 11.2. The predicted molar refractivity (Wildman–Crippen MR) is 112 cm³/mol. The lowest BCUT2D eigenvalue weighted by atomic mass is 9.58. The molecule has 5 fully saturated rings. The number of hydrogen-bond donors (Lipinski definition) is 2. The van der Waals surface area contributed by atoms with E-state index in [4.69, 9.17) is 29.1 Å². The van der Waals surface area contributed by atoms with Crippen LogP contribution in [0.4, 0.5) is 0 Å². The minimum absolute atomic E-state index is 0.0153. The summed E-state index contributed by atoms with van der Waals surface area (Å²) in [7, 11) is 0. The van der Waals surface area contributed by atoms with E-state index in [1.54, 1.807) is 0 Å². The maximum Gasteiger partial charge on any atom is 0.308 e. The van der Waals surface area contributed by atoms with Crippen LogP contribution in [0.15, 0.2) is 0 Å². The van der Waals surface area contributed by atoms with Crippen LogP contribution in [0, 0.1) is 23.7 Å². The van der Waals surface area contributed by atoms with E-state index < -0.39 is 35.9 Å². The molecular formula is C23H35NO9. The average Bonchev–Trinajstić information content (AvgIpc) is 2.99. The highest BCUT2D eigenvalue weighted by atomic mass is 17.3. The summed E-state index contributed by atoms with van der Waals surface area (Å²) >= 11 is 0. The van der Waals surface area contributed by atoms with Gasteiger partial charge in [0.05, 0.1) is 6.42 Å². The highest BCUT2D eigenvalue weighted by Crippen LogP contribution is 2.60. The summed E-state index contributed by atoms with van der Waals surface area (Å²) in [5.74, 6) is -2.05. The van der Waals surface area contributed by atoms with Gasteiger partial charge in [-0.05, 0) is 44.4 Å². The molecule has 0 aromatic rings. The molecule has 1 saturated carbocycles. The van der Waals surface area contributed by atoms with E-state index in [9.17, 15) is 14.4 Å². The summed E-state index contributed by atoms with van der Waals surface area (Å²) in [5.41, 5.74) is -0.716. The van der Waals surface area contributed by atoms with E-state index in [1.807, 2.05) is 13.8 Å². The Morgan fingerprint density at radius 2 is 1.85 bits per heavy atom. The highest BCUT2D eigenvalue weighted by molar-refractivity contribution is 5.81. The largest absolute Gasteiger partial charge is 0.481 e. The Morgan fingerprint density at radius 1 is 1.06 bits per heavy atom. The van der Waals surface area contributed by atoms with Crippen molar-refractivity contribution in [3.8, 4) is 0 Å². The molecule has 5 rings (SSSR count). The average molecular weight is 470 g/mol. The van der Waals surface area contributed by atoms with Gasteiger partial charge in [0.1, 0.15) is 0 Å². The minimum Gasteiger partial charge on any atom is -0.481 e. The summed E-state index contributed by atoms with van der Waals surface area (Å²) in [6.07, 6.45) is 2.30. The molecule has 2 bridgehead atoms. The molecule has 8 atom stereocenters. The van der Waals surface area contributed by atoms with Crippen molar-refractivity contribution in [1.82, 2.24) is 5.32 Å².